The maximum Gasteiger partial charge on any atom is 0.290 e. The minimum atomic E-state index is -0.272. The van der Waals surface area contributed by atoms with E-state index in [2.05, 4.69) is 26.4 Å². The van der Waals surface area contributed by atoms with Crippen LogP contribution in [0.3, 0.4) is 0 Å². The third-order valence-corrected chi connectivity index (χ3v) is 1.58. The molecule has 0 radical (unpaired) electrons. The molecule has 0 saturated heterocycles. The lowest BCUT2D eigenvalue weighted by Crippen LogP contribution is -2.25. The molecule has 0 saturated carbocycles. The van der Waals surface area contributed by atoms with Crippen molar-refractivity contribution >= 4 is 5.91 Å². The zero-order valence-electron chi connectivity index (χ0n) is 8.00. The summed E-state index contributed by atoms with van der Waals surface area (Å²) in [5.41, 5.74) is 0. The van der Waals surface area contributed by atoms with Gasteiger partial charge >= 0.3 is 0 Å². The molecule has 1 aromatic heterocycles. The summed E-state index contributed by atoms with van der Waals surface area (Å²) in [5.74, 6) is 3.02. The number of carbonyl (C=O) groups excluding carboxylic acids is 1. The Kier molecular flexibility index (Phi) is 3.68. The first-order valence-electron chi connectivity index (χ1n) is 4.34. The molecule has 0 spiro atoms. The first-order valence-corrected chi connectivity index (χ1v) is 4.34. The first-order chi connectivity index (χ1) is 6.74. The molecule has 0 fully saturated rings. The lowest BCUT2D eigenvalue weighted by atomic mass is 10.3. The van der Waals surface area contributed by atoms with E-state index in [9.17, 15) is 4.79 Å². The number of hydrogen-bond donors (Lipinski definition) is 2. The Bertz CT molecular complexity index is 350. The van der Waals surface area contributed by atoms with Crippen LogP contribution in [0, 0.1) is 19.3 Å². The SMILES string of the molecule is C#CCCCNC(=O)c1n[nH]c(C)n1. The van der Waals surface area contributed by atoms with Gasteiger partial charge in [0.2, 0.25) is 5.82 Å². The second-order valence-corrected chi connectivity index (χ2v) is 2.81. The minimum Gasteiger partial charge on any atom is -0.349 e. The van der Waals surface area contributed by atoms with Crippen molar-refractivity contribution < 1.29 is 4.79 Å². The van der Waals surface area contributed by atoms with Crippen LogP contribution in [-0.4, -0.2) is 27.6 Å². The third-order valence-electron chi connectivity index (χ3n) is 1.58. The third kappa shape index (κ3) is 2.90. The standard InChI is InChI=1S/C9H12N4O/c1-3-4-5-6-10-9(14)8-11-7(2)12-13-8/h1H,4-6H2,2H3,(H,10,14)(H,11,12,13). The number of nitrogens with zero attached hydrogens (tertiary/aromatic N) is 2. The maximum atomic E-state index is 11.3. The van der Waals surface area contributed by atoms with Crippen LogP contribution in [0.25, 0.3) is 0 Å². The minimum absolute atomic E-state index is 0.170. The van der Waals surface area contributed by atoms with Crippen LogP contribution >= 0.6 is 0 Å². The molecule has 1 heterocycles. The quantitative estimate of drug-likeness (QED) is 0.531. The molecular weight excluding hydrogens is 180 g/mol. The Balaban J connectivity index is 2.33. The number of aromatic amines is 1. The van der Waals surface area contributed by atoms with Crippen LogP contribution in [0.1, 0.15) is 29.3 Å². The van der Waals surface area contributed by atoms with E-state index >= 15 is 0 Å². The molecule has 2 N–H and O–H groups in total. The summed E-state index contributed by atoms with van der Waals surface area (Å²) in [6.07, 6.45) is 6.50. The molecule has 0 atom stereocenters. The molecule has 74 valence electrons. The van der Waals surface area contributed by atoms with E-state index in [0.29, 0.717) is 18.8 Å². The number of amides is 1. The van der Waals surface area contributed by atoms with Gasteiger partial charge in [0, 0.05) is 13.0 Å². The van der Waals surface area contributed by atoms with Crippen molar-refractivity contribution in [2.24, 2.45) is 0 Å². The van der Waals surface area contributed by atoms with Crippen molar-refractivity contribution in [2.45, 2.75) is 19.8 Å². The predicted molar refractivity (Wildman–Crippen MR) is 51.5 cm³/mol. The molecule has 0 bridgehead atoms. The van der Waals surface area contributed by atoms with Crippen LogP contribution in [0.15, 0.2) is 0 Å². The molecule has 0 aliphatic rings. The van der Waals surface area contributed by atoms with Gasteiger partial charge in [0.15, 0.2) is 0 Å². The highest BCUT2D eigenvalue weighted by Gasteiger charge is 2.09. The first kappa shape index (κ1) is 10.3. The number of carbonyl (C=O) groups is 1. The largest absolute Gasteiger partial charge is 0.349 e. The van der Waals surface area contributed by atoms with Crippen molar-refractivity contribution in [3.63, 3.8) is 0 Å². The molecule has 0 aliphatic carbocycles. The van der Waals surface area contributed by atoms with Gasteiger partial charge in [0.25, 0.3) is 5.91 Å². The Morgan fingerprint density at radius 1 is 1.71 bits per heavy atom. The van der Waals surface area contributed by atoms with E-state index in [1.807, 2.05) is 0 Å². The molecular formula is C9H12N4O. The van der Waals surface area contributed by atoms with Gasteiger partial charge < -0.3 is 5.32 Å². The van der Waals surface area contributed by atoms with Crippen LogP contribution in [0.4, 0.5) is 0 Å². The predicted octanol–water partition coefficient (Wildman–Crippen LogP) is 0.256. The zero-order chi connectivity index (χ0) is 10.4. The number of aryl methyl sites for hydroxylation is 1. The Labute approximate surface area is 82.3 Å². The highest BCUT2D eigenvalue weighted by Crippen LogP contribution is 1.91. The molecule has 0 aromatic carbocycles. The van der Waals surface area contributed by atoms with E-state index in [0.717, 1.165) is 6.42 Å². The average molecular weight is 192 g/mol. The topological polar surface area (TPSA) is 70.7 Å². The average Bonchev–Trinajstić information content (AvgIpc) is 2.59. The van der Waals surface area contributed by atoms with Gasteiger partial charge in [-0.15, -0.1) is 17.4 Å². The van der Waals surface area contributed by atoms with E-state index in [1.54, 1.807) is 6.92 Å². The maximum absolute atomic E-state index is 11.3. The molecule has 1 amide bonds. The number of rotatable bonds is 4. The van der Waals surface area contributed by atoms with Crippen LogP contribution in [0.5, 0.6) is 0 Å². The van der Waals surface area contributed by atoms with Gasteiger partial charge in [0.1, 0.15) is 5.82 Å². The van der Waals surface area contributed by atoms with Crippen molar-refractivity contribution in [1.29, 1.82) is 0 Å². The van der Waals surface area contributed by atoms with E-state index in [1.165, 1.54) is 0 Å². The molecule has 1 aromatic rings. The van der Waals surface area contributed by atoms with Crippen LogP contribution in [0.2, 0.25) is 0 Å². The molecule has 5 nitrogen and oxygen atoms in total. The number of nitrogens with one attached hydrogen (secondary N) is 2. The summed E-state index contributed by atoms with van der Waals surface area (Å²) in [6, 6.07) is 0. The van der Waals surface area contributed by atoms with Crippen molar-refractivity contribution in [1.82, 2.24) is 20.5 Å². The fourth-order valence-corrected chi connectivity index (χ4v) is 0.916. The van der Waals surface area contributed by atoms with Gasteiger partial charge in [-0.05, 0) is 13.3 Å². The number of terminal acetylenes is 1. The summed E-state index contributed by atoms with van der Waals surface area (Å²) in [6.45, 7) is 2.29. The molecule has 0 unspecified atom stereocenters. The smallest absolute Gasteiger partial charge is 0.290 e. The van der Waals surface area contributed by atoms with Gasteiger partial charge in [-0.2, -0.15) is 0 Å². The van der Waals surface area contributed by atoms with Gasteiger partial charge in [-0.3, -0.25) is 9.89 Å². The van der Waals surface area contributed by atoms with Gasteiger partial charge in [-0.25, -0.2) is 4.98 Å². The van der Waals surface area contributed by atoms with Crippen LogP contribution in [-0.2, 0) is 0 Å². The molecule has 5 heteroatoms. The number of aromatic nitrogens is 3. The zero-order valence-corrected chi connectivity index (χ0v) is 8.00. The lowest BCUT2D eigenvalue weighted by molar-refractivity contribution is 0.0943. The highest BCUT2D eigenvalue weighted by atomic mass is 16.2. The number of hydrogen-bond acceptors (Lipinski definition) is 3. The van der Waals surface area contributed by atoms with Crippen molar-refractivity contribution in [2.75, 3.05) is 6.54 Å². The Morgan fingerprint density at radius 3 is 3.07 bits per heavy atom. The number of unbranched alkanes of at least 4 members (excludes halogenated alkanes) is 1. The summed E-state index contributed by atoms with van der Waals surface area (Å²) in [7, 11) is 0. The second-order valence-electron chi connectivity index (χ2n) is 2.81. The lowest BCUT2D eigenvalue weighted by Gasteiger charge is -1.98. The summed E-state index contributed by atoms with van der Waals surface area (Å²) < 4.78 is 0. The highest BCUT2D eigenvalue weighted by molar-refractivity contribution is 5.90. The van der Waals surface area contributed by atoms with Gasteiger partial charge in [0.05, 0.1) is 0 Å². The fourth-order valence-electron chi connectivity index (χ4n) is 0.916. The fraction of sp³-hybridized carbons (Fsp3) is 0.444. The number of H-pyrrole nitrogens is 1. The van der Waals surface area contributed by atoms with Crippen molar-refractivity contribution in [3.8, 4) is 12.3 Å². The summed E-state index contributed by atoms with van der Waals surface area (Å²) >= 11 is 0. The Hall–Kier alpha value is -1.83. The monoisotopic (exact) mass is 192 g/mol. The van der Waals surface area contributed by atoms with E-state index in [-0.39, 0.29) is 11.7 Å². The van der Waals surface area contributed by atoms with E-state index < -0.39 is 0 Å². The van der Waals surface area contributed by atoms with Gasteiger partial charge in [-0.1, -0.05) is 0 Å². The molecule has 14 heavy (non-hydrogen) atoms. The normalized spacial score (nSPS) is 9.43. The van der Waals surface area contributed by atoms with Crippen LogP contribution < -0.4 is 5.32 Å². The Morgan fingerprint density at radius 2 is 2.50 bits per heavy atom. The van der Waals surface area contributed by atoms with E-state index in [4.69, 9.17) is 6.42 Å². The summed E-state index contributed by atoms with van der Waals surface area (Å²) in [5, 5.41) is 8.99. The molecule has 1 rings (SSSR count). The second kappa shape index (κ2) is 5.02. The van der Waals surface area contributed by atoms with Crippen molar-refractivity contribution in [3.05, 3.63) is 11.6 Å². The molecule has 0 aliphatic heterocycles. The summed E-state index contributed by atoms with van der Waals surface area (Å²) in [4.78, 5) is 15.2.